The minimum absolute atomic E-state index is 0.152. The maximum Gasteiger partial charge on any atom is 0.410 e. The lowest BCUT2D eigenvalue weighted by atomic mass is 9.87. The van der Waals surface area contributed by atoms with E-state index in [2.05, 4.69) is 37.3 Å². The van der Waals surface area contributed by atoms with E-state index in [0.717, 1.165) is 38.6 Å². The number of nitrogens with zero attached hydrogens (tertiary/aromatic N) is 1. The Morgan fingerprint density at radius 1 is 1.32 bits per heavy atom. The van der Waals surface area contributed by atoms with Crippen LogP contribution in [0.15, 0.2) is 47.1 Å². The Kier molecular flexibility index (Phi) is 5.21. The summed E-state index contributed by atoms with van der Waals surface area (Å²) < 4.78 is 5.74. The number of hydrogen-bond acceptors (Lipinski definition) is 2. The Hall–Kier alpha value is -1.77. The van der Waals surface area contributed by atoms with Crippen molar-refractivity contribution in [1.82, 2.24) is 4.90 Å². The maximum atomic E-state index is 12.9. The van der Waals surface area contributed by atoms with Crippen LogP contribution >= 0.6 is 0 Å². The van der Waals surface area contributed by atoms with Crippen molar-refractivity contribution in [1.29, 1.82) is 0 Å². The van der Waals surface area contributed by atoms with Crippen LogP contribution in [0.1, 0.15) is 59.8 Å². The number of ether oxygens (including phenoxy) is 1. The molecule has 0 radical (unpaired) electrons. The number of allylic oxidation sites excluding steroid dienone is 7. The van der Waals surface area contributed by atoms with Crippen molar-refractivity contribution in [3.63, 3.8) is 0 Å². The minimum atomic E-state index is -0.456. The van der Waals surface area contributed by atoms with Crippen LogP contribution in [0.25, 0.3) is 0 Å². The van der Waals surface area contributed by atoms with Crippen molar-refractivity contribution in [3.05, 3.63) is 47.1 Å². The first kappa shape index (κ1) is 18.0. The van der Waals surface area contributed by atoms with Crippen molar-refractivity contribution in [2.24, 2.45) is 5.92 Å². The molecule has 0 N–H and O–H groups in total. The molecule has 0 bridgehead atoms. The van der Waals surface area contributed by atoms with E-state index in [-0.39, 0.29) is 12.1 Å². The summed E-state index contributed by atoms with van der Waals surface area (Å²) in [4.78, 5) is 14.9. The normalized spacial score (nSPS) is 24.2. The lowest BCUT2D eigenvalue weighted by Gasteiger charge is -2.35. The van der Waals surface area contributed by atoms with E-state index in [9.17, 15) is 4.79 Å². The quantitative estimate of drug-likeness (QED) is 0.673. The molecule has 0 aromatic carbocycles. The molecular formula is C22H31NO2. The van der Waals surface area contributed by atoms with Gasteiger partial charge in [-0.25, -0.2) is 4.79 Å². The highest BCUT2D eigenvalue weighted by Gasteiger charge is 2.35. The molecule has 0 saturated carbocycles. The van der Waals surface area contributed by atoms with Crippen molar-refractivity contribution in [2.75, 3.05) is 6.54 Å². The molecule has 2 atom stereocenters. The molecule has 0 aromatic heterocycles. The third-order valence-corrected chi connectivity index (χ3v) is 5.33. The van der Waals surface area contributed by atoms with Gasteiger partial charge in [0.2, 0.25) is 0 Å². The van der Waals surface area contributed by atoms with Gasteiger partial charge in [-0.15, -0.1) is 0 Å². The largest absolute Gasteiger partial charge is 0.444 e. The highest BCUT2D eigenvalue weighted by atomic mass is 16.6. The Labute approximate surface area is 152 Å². The predicted octanol–water partition coefficient (Wildman–Crippen LogP) is 5.55. The molecule has 1 heterocycles. The summed E-state index contributed by atoms with van der Waals surface area (Å²) in [7, 11) is 0. The molecule has 3 aliphatic rings. The monoisotopic (exact) mass is 341 g/mol. The summed E-state index contributed by atoms with van der Waals surface area (Å²) >= 11 is 0. The predicted molar refractivity (Wildman–Crippen MR) is 102 cm³/mol. The number of amides is 1. The number of hydrogen-bond donors (Lipinski definition) is 0. The number of carbonyl (C=O) groups excluding carboxylic acids is 1. The molecule has 3 heteroatoms. The summed E-state index contributed by atoms with van der Waals surface area (Å²) in [5.74, 6) is 0.470. The summed E-state index contributed by atoms with van der Waals surface area (Å²) in [6, 6.07) is 0.152. The zero-order chi connectivity index (χ0) is 18.0. The molecule has 0 aromatic rings. The van der Waals surface area contributed by atoms with Crippen LogP contribution in [0.5, 0.6) is 0 Å². The average molecular weight is 341 g/mol. The first-order valence-corrected chi connectivity index (χ1v) is 9.59. The standard InChI is InChI=1S/C22H31NO2/c1-16(17-9-5-6-10-17)15-20-19-13-7-11-18(19)12-8-14-23(20)21(24)25-22(2,3)4/h5-7,9,11,16,20H,8,10,12-15H2,1-4H3/t16-,20-/m1/s1. The van der Waals surface area contributed by atoms with E-state index in [1.165, 1.54) is 16.7 Å². The van der Waals surface area contributed by atoms with E-state index in [4.69, 9.17) is 4.74 Å². The molecule has 1 amide bonds. The topological polar surface area (TPSA) is 29.5 Å². The van der Waals surface area contributed by atoms with Gasteiger partial charge in [-0.05, 0) is 69.9 Å². The smallest absolute Gasteiger partial charge is 0.410 e. The minimum Gasteiger partial charge on any atom is -0.444 e. The molecule has 136 valence electrons. The second kappa shape index (κ2) is 7.23. The number of carbonyl (C=O) groups is 1. The molecule has 0 unspecified atom stereocenters. The van der Waals surface area contributed by atoms with Crippen molar-refractivity contribution in [2.45, 2.75) is 71.4 Å². The number of rotatable bonds is 3. The SMILES string of the molecule is C[C@H](C[C@@H]1C2=C(C=CC2)CCCN1C(=O)OC(C)(C)C)C1=CC=CC1. The van der Waals surface area contributed by atoms with Crippen LogP contribution in [-0.4, -0.2) is 29.2 Å². The van der Waals surface area contributed by atoms with Crippen molar-refractivity contribution < 1.29 is 9.53 Å². The van der Waals surface area contributed by atoms with Crippen molar-refractivity contribution in [3.8, 4) is 0 Å². The van der Waals surface area contributed by atoms with Gasteiger partial charge >= 0.3 is 6.09 Å². The fourth-order valence-electron chi connectivity index (χ4n) is 4.07. The van der Waals surface area contributed by atoms with Gasteiger partial charge < -0.3 is 9.64 Å². The van der Waals surface area contributed by atoms with Gasteiger partial charge in [-0.1, -0.05) is 42.9 Å². The first-order valence-electron chi connectivity index (χ1n) is 9.59. The Balaban J connectivity index is 1.82. The van der Waals surface area contributed by atoms with E-state index >= 15 is 0 Å². The lowest BCUT2D eigenvalue weighted by molar-refractivity contribution is 0.0178. The van der Waals surface area contributed by atoms with Crippen molar-refractivity contribution >= 4 is 6.09 Å². The van der Waals surface area contributed by atoms with Gasteiger partial charge in [0.15, 0.2) is 0 Å². The Morgan fingerprint density at radius 3 is 2.80 bits per heavy atom. The van der Waals surface area contributed by atoms with E-state index < -0.39 is 5.60 Å². The Bertz CT molecular complexity index is 645. The third-order valence-electron chi connectivity index (χ3n) is 5.33. The van der Waals surface area contributed by atoms with Crippen LogP contribution in [-0.2, 0) is 4.74 Å². The second-order valence-corrected chi connectivity index (χ2v) is 8.46. The van der Waals surface area contributed by atoms with Crippen LogP contribution in [0.2, 0.25) is 0 Å². The van der Waals surface area contributed by atoms with E-state index in [0.29, 0.717) is 5.92 Å². The van der Waals surface area contributed by atoms with Gasteiger partial charge in [0, 0.05) is 6.54 Å². The van der Waals surface area contributed by atoms with Crippen LogP contribution < -0.4 is 0 Å². The highest BCUT2D eigenvalue weighted by molar-refractivity contribution is 5.69. The van der Waals surface area contributed by atoms with Crippen LogP contribution in [0.4, 0.5) is 4.79 Å². The van der Waals surface area contributed by atoms with Gasteiger partial charge in [0.25, 0.3) is 0 Å². The maximum absolute atomic E-state index is 12.9. The zero-order valence-corrected chi connectivity index (χ0v) is 16.0. The summed E-state index contributed by atoms with van der Waals surface area (Å²) in [5, 5.41) is 0. The fourth-order valence-corrected chi connectivity index (χ4v) is 4.07. The molecule has 0 spiro atoms. The van der Waals surface area contributed by atoms with Gasteiger partial charge in [-0.3, -0.25) is 0 Å². The second-order valence-electron chi connectivity index (χ2n) is 8.46. The van der Waals surface area contributed by atoms with Crippen LogP contribution in [0, 0.1) is 5.92 Å². The molecule has 3 nitrogen and oxygen atoms in total. The molecule has 0 fully saturated rings. The van der Waals surface area contributed by atoms with Crippen LogP contribution in [0.3, 0.4) is 0 Å². The molecular weight excluding hydrogens is 310 g/mol. The zero-order valence-electron chi connectivity index (χ0n) is 16.0. The third kappa shape index (κ3) is 4.26. The molecule has 0 saturated heterocycles. The fraction of sp³-hybridized carbons (Fsp3) is 0.591. The van der Waals surface area contributed by atoms with E-state index in [1.807, 2.05) is 25.7 Å². The van der Waals surface area contributed by atoms with E-state index in [1.54, 1.807) is 0 Å². The summed E-state index contributed by atoms with van der Waals surface area (Å²) in [6.07, 6.45) is 16.0. The lowest BCUT2D eigenvalue weighted by Crippen LogP contribution is -2.45. The molecule has 2 aliphatic carbocycles. The summed E-state index contributed by atoms with van der Waals surface area (Å²) in [5.41, 5.74) is 3.90. The molecule has 25 heavy (non-hydrogen) atoms. The highest BCUT2D eigenvalue weighted by Crippen LogP contribution is 2.37. The van der Waals surface area contributed by atoms with Gasteiger partial charge in [0.05, 0.1) is 6.04 Å². The van der Waals surface area contributed by atoms with Gasteiger partial charge in [0.1, 0.15) is 5.60 Å². The average Bonchev–Trinajstić information content (AvgIpc) is 3.17. The molecule has 1 aliphatic heterocycles. The molecule has 3 rings (SSSR count). The first-order chi connectivity index (χ1) is 11.8. The summed E-state index contributed by atoms with van der Waals surface area (Å²) in [6.45, 7) is 8.90. The van der Waals surface area contributed by atoms with Gasteiger partial charge in [-0.2, -0.15) is 0 Å². The Morgan fingerprint density at radius 2 is 2.12 bits per heavy atom.